The largest absolute Gasteiger partial charge is 0.481 e. The van der Waals surface area contributed by atoms with E-state index in [0.717, 1.165) is 6.26 Å². The van der Waals surface area contributed by atoms with Gasteiger partial charge in [0.05, 0.1) is 6.26 Å². The molecule has 0 saturated heterocycles. The number of nitrogens with one attached hydrogen (secondary N) is 1. The average Bonchev–Trinajstić information content (AvgIpc) is 2.12. The van der Waals surface area contributed by atoms with Crippen LogP contribution in [0.25, 0.3) is 0 Å². The van der Waals surface area contributed by atoms with Crippen LogP contribution in [0, 0.1) is 0 Å². The van der Waals surface area contributed by atoms with Crippen molar-refractivity contribution in [3.8, 4) is 5.75 Å². The Bertz CT molecular complexity index is 539. The summed E-state index contributed by atoms with van der Waals surface area (Å²) in [4.78, 5) is 11.5. The van der Waals surface area contributed by atoms with Gasteiger partial charge in [0.2, 0.25) is 10.0 Å². The predicted molar refractivity (Wildman–Crippen MR) is 69.5 cm³/mol. The average molecular weight is 312 g/mol. The van der Waals surface area contributed by atoms with Crippen molar-refractivity contribution in [2.75, 3.05) is 6.26 Å². The molecule has 0 aliphatic heterocycles. The summed E-state index contributed by atoms with van der Waals surface area (Å²) < 4.78 is 28.8. The van der Waals surface area contributed by atoms with Crippen molar-refractivity contribution in [3.63, 3.8) is 0 Å². The van der Waals surface area contributed by atoms with E-state index < -0.39 is 22.0 Å². The van der Waals surface area contributed by atoms with E-state index >= 15 is 0 Å². The quantitative estimate of drug-likeness (QED) is 0.921. The van der Waals surface area contributed by atoms with Gasteiger partial charge in [0.1, 0.15) is 5.75 Å². The number of halogens is 2. The molecule has 1 rings (SSSR count). The minimum absolute atomic E-state index is 0.281. The molecule has 0 heterocycles. The van der Waals surface area contributed by atoms with Gasteiger partial charge in [-0.25, -0.2) is 8.42 Å². The molecule has 8 heteroatoms. The minimum atomic E-state index is -3.61. The van der Waals surface area contributed by atoms with Crippen LogP contribution < -0.4 is 9.46 Å². The van der Waals surface area contributed by atoms with E-state index in [2.05, 4.69) is 0 Å². The third-order valence-corrected chi connectivity index (χ3v) is 2.81. The SMILES string of the molecule is C[C@@H](Oc1cc(Cl)cc(Cl)c1)C(=O)NS(C)(=O)=O. The van der Waals surface area contributed by atoms with Crippen LogP contribution in [0.4, 0.5) is 0 Å². The lowest BCUT2D eigenvalue weighted by atomic mass is 10.3. The first-order valence-corrected chi connectivity index (χ1v) is 7.46. The second-order valence-corrected chi connectivity index (χ2v) is 6.23. The number of carbonyl (C=O) groups excluding carboxylic acids is 1. The Morgan fingerprint density at radius 3 is 2.22 bits per heavy atom. The summed E-state index contributed by atoms with van der Waals surface area (Å²) in [5, 5.41) is 0.710. The van der Waals surface area contributed by atoms with Crippen LogP contribution in [0.15, 0.2) is 18.2 Å². The van der Waals surface area contributed by atoms with E-state index in [1.165, 1.54) is 25.1 Å². The predicted octanol–water partition coefficient (Wildman–Crippen LogP) is 1.84. The molecule has 0 radical (unpaired) electrons. The molecule has 0 saturated carbocycles. The molecule has 1 aromatic rings. The van der Waals surface area contributed by atoms with Gasteiger partial charge in [0.25, 0.3) is 5.91 Å². The summed E-state index contributed by atoms with van der Waals surface area (Å²) in [6, 6.07) is 4.45. The zero-order valence-corrected chi connectivity index (χ0v) is 11.9. The molecule has 0 aliphatic carbocycles. The van der Waals surface area contributed by atoms with E-state index in [1.54, 1.807) is 0 Å². The monoisotopic (exact) mass is 311 g/mol. The van der Waals surface area contributed by atoms with Crippen LogP contribution >= 0.6 is 23.2 Å². The molecule has 1 aromatic carbocycles. The summed E-state index contributed by atoms with van der Waals surface area (Å²) in [7, 11) is -3.61. The summed E-state index contributed by atoms with van der Waals surface area (Å²) in [5.74, 6) is -0.489. The van der Waals surface area contributed by atoms with Gasteiger partial charge in [-0.3, -0.25) is 9.52 Å². The van der Waals surface area contributed by atoms with E-state index in [9.17, 15) is 13.2 Å². The van der Waals surface area contributed by atoms with Crippen molar-refractivity contribution in [3.05, 3.63) is 28.2 Å². The van der Waals surface area contributed by atoms with Gasteiger partial charge in [-0.15, -0.1) is 0 Å². The molecule has 0 spiro atoms. The fourth-order valence-corrected chi connectivity index (χ4v) is 2.16. The molecular weight excluding hydrogens is 301 g/mol. The Morgan fingerprint density at radius 1 is 1.28 bits per heavy atom. The fraction of sp³-hybridized carbons (Fsp3) is 0.300. The zero-order valence-electron chi connectivity index (χ0n) is 9.61. The van der Waals surface area contributed by atoms with Crippen molar-refractivity contribution in [1.29, 1.82) is 0 Å². The number of benzene rings is 1. The molecule has 0 unspecified atom stereocenters. The summed E-state index contributed by atoms with van der Waals surface area (Å²) >= 11 is 11.5. The highest BCUT2D eigenvalue weighted by molar-refractivity contribution is 7.89. The van der Waals surface area contributed by atoms with Crippen molar-refractivity contribution in [2.24, 2.45) is 0 Å². The molecule has 1 atom stereocenters. The molecule has 0 aromatic heterocycles. The second-order valence-electron chi connectivity index (χ2n) is 3.60. The van der Waals surface area contributed by atoms with Gasteiger partial charge >= 0.3 is 0 Å². The van der Waals surface area contributed by atoms with Crippen molar-refractivity contribution in [1.82, 2.24) is 4.72 Å². The lowest BCUT2D eigenvalue weighted by Gasteiger charge is -2.14. The number of hydrogen-bond acceptors (Lipinski definition) is 4. The number of sulfonamides is 1. The van der Waals surface area contributed by atoms with Crippen LogP contribution in [-0.4, -0.2) is 26.7 Å². The molecule has 0 fully saturated rings. The fourth-order valence-electron chi connectivity index (χ4n) is 1.12. The first-order valence-electron chi connectivity index (χ1n) is 4.82. The lowest BCUT2D eigenvalue weighted by Crippen LogP contribution is -2.39. The smallest absolute Gasteiger partial charge is 0.274 e. The second kappa shape index (κ2) is 5.77. The molecule has 1 N–H and O–H groups in total. The van der Waals surface area contributed by atoms with Crippen LogP contribution in [0.1, 0.15) is 6.92 Å². The third-order valence-electron chi connectivity index (χ3n) is 1.80. The topological polar surface area (TPSA) is 72.5 Å². The first kappa shape index (κ1) is 15.1. The van der Waals surface area contributed by atoms with Crippen LogP contribution in [0.2, 0.25) is 10.0 Å². The molecule has 100 valence electrons. The highest BCUT2D eigenvalue weighted by Crippen LogP contribution is 2.24. The Labute approximate surface area is 115 Å². The standard InChI is InChI=1S/C10H11Cl2NO4S/c1-6(10(14)13-18(2,15)16)17-9-4-7(11)3-8(12)5-9/h3-6H,1-2H3,(H,13,14)/t6-/m1/s1. The molecular formula is C10H11Cl2NO4S. The summed E-state index contributed by atoms with van der Waals surface area (Å²) in [6.07, 6.45) is -0.109. The Hall–Kier alpha value is -0.980. The number of hydrogen-bond donors (Lipinski definition) is 1. The summed E-state index contributed by atoms with van der Waals surface area (Å²) in [5.41, 5.74) is 0. The maximum absolute atomic E-state index is 11.5. The molecule has 0 bridgehead atoms. The number of amides is 1. The molecule has 5 nitrogen and oxygen atoms in total. The highest BCUT2D eigenvalue weighted by atomic mass is 35.5. The van der Waals surface area contributed by atoms with Crippen LogP contribution in [0.5, 0.6) is 5.75 Å². The number of ether oxygens (including phenoxy) is 1. The van der Waals surface area contributed by atoms with Gasteiger partial charge in [-0.05, 0) is 25.1 Å². The van der Waals surface area contributed by atoms with Crippen molar-refractivity contribution >= 4 is 39.1 Å². The zero-order chi connectivity index (χ0) is 13.9. The number of rotatable bonds is 4. The van der Waals surface area contributed by atoms with E-state index in [0.29, 0.717) is 10.0 Å². The Balaban J connectivity index is 2.75. The highest BCUT2D eigenvalue weighted by Gasteiger charge is 2.18. The minimum Gasteiger partial charge on any atom is -0.481 e. The lowest BCUT2D eigenvalue weighted by molar-refractivity contribution is -0.125. The molecule has 1 amide bonds. The van der Waals surface area contributed by atoms with E-state index in [-0.39, 0.29) is 5.75 Å². The van der Waals surface area contributed by atoms with Gasteiger partial charge in [-0.1, -0.05) is 23.2 Å². The van der Waals surface area contributed by atoms with Gasteiger partial charge in [0, 0.05) is 10.0 Å². The Morgan fingerprint density at radius 2 is 1.78 bits per heavy atom. The Kier molecular flexibility index (Phi) is 4.84. The van der Waals surface area contributed by atoms with Crippen molar-refractivity contribution in [2.45, 2.75) is 13.0 Å². The van der Waals surface area contributed by atoms with Crippen LogP contribution in [-0.2, 0) is 14.8 Å². The molecule has 18 heavy (non-hydrogen) atoms. The van der Waals surface area contributed by atoms with Gasteiger partial charge in [-0.2, -0.15) is 0 Å². The molecule has 0 aliphatic rings. The maximum atomic E-state index is 11.5. The van der Waals surface area contributed by atoms with Crippen molar-refractivity contribution < 1.29 is 17.9 Å². The van der Waals surface area contributed by atoms with Gasteiger partial charge < -0.3 is 4.74 Å². The van der Waals surface area contributed by atoms with E-state index in [4.69, 9.17) is 27.9 Å². The normalized spacial score (nSPS) is 12.9. The van der Waals surface area contributed by atoms with Crippen LogP contribution in [0.3, 0.4) is 0 Å². The number of carbonyl (C=O) groups is 1. The third kappa shape index (κ3) is 5.12. The van der Waals surface area contributed by atoms with E-state index in [1.807, 2.05) is 4.72 Å². The van der Waals surface area contributed by atoms with Gasteiger partial charge in [0.15, 0.2) is 6.10 Å². The maximum Gasteiger partial charge on any atom is 0.274 e. The first-order chi connectivity index (χ1) is 8.17. The summed E-state index contributed by atoms with van der Waals surface area (Å²) in [6.45, 7) is 1.41.